The van der Waals surface area contributed by atoms with Crippen molar-refractivity contribution < 1.29 is 9.53 Å². The summed E-state index contributed by atoms with van der Waals surface area (Å²) in [6.45, 7) is 6.75. The lowest BCUT2D eigenvalue weighted by Gasteiger charge is -2.31. The second-order valence-corrected chi connectivity index (χ2v) is 6.07. The molecule has 1 aliphatic heterocycles. The Bertz CT molecular complexity index is 453. The molecule has 0 saturated carbocycles. The van der Waals surface area contributed by atoms with Gasteiger partial charge in [0.1, 0.15) is 0 Å². The Morgan fingerprint density at radius 2 is 2.18 bits per heavy atom. The number of methoxy groups -OCH3 is 1. The van der Waals surface area contributed by atoms with Crippen LogP contribution in [0.15, 0.2) is 18.3 Å². The molecule has 0 aromatic carbocycles. The number of rotatable bonds is 7. The third-order valence-corrected chi connectivity index (χ3v) is 4.24. The van der Waals surface area contributed by atoms with Crippen molar-refractivity contribution in [1.29, 1.82) is 0 Å². The summed E-state index contributed by atoms with van der Waals surface area (Å²) in [5, 5.41) is 3.06. The number of aromatic nitrogens is 1. The first kappa shape index (κ1) is 16.9. The molecule has 1 aromatic rings. The van der Waals surface area contributed by atoms with E-state index in [1.165, 1.54) is 0 Å². The van der Waals surface area contributed by atoms with Gasteiger partial charge < -0.3 is 15.0 Å². The Labute approximate surface area is 133 Å². The average Bonchev–Trinajstić information content (AvgIpc) is 2.54. The van der Waals surface area contributed by atoms with Gasteiger partial charge in [-0.15, -0.1) is 0 Å². The van der Waals surface area contributed by atoms with Crippen molar-refractivity contribution in [2.75, 3.05) is 39.9 Å². The van der Waals surface area contributed by atoms with Crippen molar-refractivity contribution in [3.63, 3.8) is 0 Å². The van der Waals surface area contributed by atoms with Gasteiger partial charge in [-0.1, -0.05) is 6.07 Å². The molecule has 2 heterocycles. The van der Waals surface area contributed by atoms with E-state index < -0.39 is 0 Å². The van der Waals surface area contributed by atoms with Crippen LogP contribution in [0.2, 0.25) is 0 Å². The molecule has 5 heteroatoms. The fourth-order valence-electron chi connectivity index (χ4n) is 2.74. The monoisotopic (exact) mass is 305 g/mol. The maximum atomic E-state index is 12.0. The summed E-state index contributed by atoms with van der Waals surface area (Å²) in [5.74, 6) is 0.686. The molecular weight excluding hydrogens is 278 g/mol. The molecule has 22 heavy (non-hydrogen) atoms. The van der Waals surface area contributed by atoms with Gasteiger partial charge in [0.15, 0.2) is 0 Å². The number of pyridine rings is 1. The predicted octanol–water partition coefficient (Wildman–Crippen LogP) is 1.41. The van der Waals surface area contributed by atoms with Crippen LogP contribution in [0.5, 0.6) is 0 Å². The van der Waals surface area contributed by atoms with Crippen LogP contribution in [0.1, 0.15) is 24.1 Å². The zero-order chi connectivity index (χ0) is 15.8. The molecule has 1 aromatic heterocycles. The van der Waals surface area contributed by atoms with Crippen LogP contribution in [0, 0.1) is 12.8 Å². The van der Waals surface area contributed by atoms with Crippen LogP contribution in [0.4, 0.5) is 0 Å². The minimum atomic E-state index is 0.0902. The van der Waals surface area contributed by atoms with E-state index in [0.717, 1.165) is 56.9 Å². The van der Waals surface area contributed by atoms with E-state index >= 15 is 0 Å². The third kappa shape index (κ3) is 5.73. The summed E-state index contributed by atoms with van der Waals surface area (Å²) in [6, 6.07) is 3.91. The van der Waals surface area contributed by atoms with Crippen LogP contribution < -0.4 is 5.32 Å². The van der Waals surface area contributed by atoms with Crippen molar-refractivity contribution in [2.24, 2.45) is 5.92 Å². The smallest absolute Gasteiger partial charge is 0.224 e. The number of ether oxygens (including phenoxy) is 1. The van der Waals surface area contributed by atoms with Gasteiger partial charge in [-0.05, 0) is 50.4 Å². The van der Waals surface area contributed by atoms with E-state index in [1.807, 2.05) is 19.1 Å². The third-order valence-electron chi connectivity index (χ3n) is 4.24. The highest BCUT2D eigenvalue weighted by molar-refractivity contribution is 5.78. The van der Waals surface area contributed by atoms with Crippen LogP contribution in [0.25, 0.3) is 0 Å². The first-order chi connectivity index (χ1) is 10.7. The van der Waals surface area contributed by atoms with E-state index in [9.17, 15) is 4.79 Å². The van der Waals surface area contributed by atoms with E-state index in [0.29, 0.717) is 12.3 Å². The molecule has 0 atom stereocenters. The summed E-state index contributed by atoms with van der Waals surface area (Å²) in [4.78, 5) is 18.6. The van der Waals surface area contributed by atoms with Gasteiger partial charge in [-0.2, -0.15) is 0 Å². The molecule has 1 amide bonds. The van der Waals surface area contributed by atoms with E-state index in [-0.39, 0.29) is 5.91 Å². The van der Waals surface area contributed by atoms with Crippen molar-refractivity contribution >= 4 is 5.91 Å². The molecule has 0 unspecified atom stereocenters. The van der Waals surface area contributed by atoms with Crippen molar-refractivity contribution in [3.8, 4) is 0 Å². The first-order valence-electron chi connectivity index (χ1n) is 8.07. The Morgan fingerprint density at radius 1 is 1.41 bits per heavy atom. The molecule has 5 nitrogen and oxygen atoms in total. The minimum Gasteiger partial charge on any atom is -0.383 e. The molecule has 0 spiro atoms. The van der Waals surface area contributed by atoms with Crippen LogP contribution in [-0.4, -0.2) is 55.7 Å². The van der Waals surface area contributed by atoms with Crippen LogP contribution in [-0.2, 0) is 16.0 Å². The molecule has 1 saturated heterocycles. The maximum absolute atomic E-state index is 12.0. The number of hydrogen-bond acceptors (Lipinski definition) is 4. The lowest BCUT2D eigenvalue weighted by atomic mass is 9.96. The quantitative estimate of drug-likeness (QED) is 0.827. The van der Waals surface area contributed by atoms with E-state index in [1.54, 1.807) is 13.3 Å². The fraction of sp³-hybridized carbons (Fsp3) is 0.647. The molecule has 0 aliphatic carbocycles. The predicted molar refractivity (Wildman–Crippen MR) is 86.7 cm³/mol. The van der Waals surface area contributed by atoms with Gasteiger partial charge in [0, 0.05) is 32.1 Å². The van der Waals surface area contributed by atoms with Crippen molar-refractivity contribution in [2.45, 2.75) is 26.2 Å². The number of carbonyl (C=O) groups excluding carboxylic acids is 1. The number of nitrogens with zero attached hydrogens (tertiary/aromatic N) is 2. The van der Waals surface area contributed by atoms with E-state index in [2.05, 4.69) is 15.2 Å². The summed E-state index contributed by atoms with van der Waals surface area (Å²) >= 11 is 0. The van der Waals surface area contributed by atoms with Gasteiger partial charge in [-0.3, -0.25) is 9.78 Å². The number of piperidine rings is 1. The molecule has 1 aliphatic rings. The van der Waals surface area contributed by atoms with Crippen molar-refractivity contribution in [1.82, 2.24) is 15.2 Å². The fourth-order valence-corrected chi connectivity index (χ4v) is 2.74. The molecule has 1 N–H and O–H groups in total. The van der Waals surface area contributed by atoms with Crippen LogP contribution in [0.3, 0.4) is 0 Å². The Morgan fingerprint density at radius 3 is 2.82 bits per heavy atom. The second-order valence-electron chi connectivity index (χ2n) is 6.07. The topological polar surface area (TPSA) is 54.5 Å². The standard InChI is InChI=1S/C17H27N3O2/c1-14-3-4-16(13-18-14)11-17(21)19-12-15-5-7-20(8-6-15)9-10-22-2/h3-4,13,15H,5-12H2,1-2H3,(H,19,21). The molecular formula is C17H27N3O2. The highest BCUT2D eigenvalue weighted by atomic mass is 16.5. The summed E-state index contributed by atoms with van der Waals surface area (Å²) in [6.07, 6.45) is 4.50. The summed E-state index contributed by atoms with van der Waals surface area (Å²) in [7, 11) is 1.74. The molecule has 1 fully saturated rings. The maximum Gasteiger partial charge on any atom is 0.224 e. The first-order valence-corrected chi connectivity index (χ1v) is 8.07. The van der Waals surface area contributed by atoms with Crippen molar-refractivity contribution in [3.05, 3.63) is 29.6 Å². The molecule has 0 bridgehead atoms. The SMILES string of the molecule is COCCN1CCC(CNC(=O)Cc2ccc(C)nc2)CC1. The Balaban J connectivity index is 1.64. The Kier molecular flexibility index (Phi) is 6.80. The number of carbonyl (C=O) groups is 1. The largest absolute Gasteiger partial charge is 0.383 e. The van der Waals surface area contributed by atoms with Gasteiger partial charge in [-0.25, -0.2) is 0 Å². The van der Waals surface area contributed by atoms with Gasteiger partial charge in [0.05, 0.1) is 13.0 Å². The zero-order valence-corrected chi connectivity index (χ0v) is 13.7. The summed E-state index contributed by atoms with van der Waals surface area (Å²) < 4.78 is 5.11. The molecule has 122 valence electrons. The number of likely N-dealkylation sites (tertiary alicyclic amines) is 1. The van der Waals surface area contributed by atoms with Gasteiger partial charge in [0.25, 0.3) is 0 Å². The highest BCUT2D eigenvalue weighted by Gasteiger charge is 2.19. The summed E-state index contributed by atoms with van der Waals surface area (Å²) in [5.41, 5.74) is 1.95. The zero-order valence-electron chi connectivity index (χ0n) is 13.7. The lowest BCUT2D eigenvalue weighted by Crippen LogP contribution is -2.40. The normalized spacial score (nSPS) is 16.6. The van der Waals surface area contributed by atoms with Gasteiger partial charge in [0.2, 0.25) is 5.91 Å². The van der Waals surface area contributed by atoms with Gasteiger partial charge >= 0.3 is 0 Å². The van der Waals surface area contributed by atoms with Crippen LogP contribution >= 0.6 is 0 Å². The Hall–Kier alpha value is -1.46. The molecule has 0 radical (unpaired) electrons. The number of hydrogen-bond donors (Lipinski definition) is 1. The second kappa shape index (κ2) is 8.86. The number of aryl methyl sites for hydroxylation is 1. The number of nitrogens with one attached hydrogen (secondary N) is 1. The average molecular weight is 305 g/mol. The minimum absolute atomic E-state index is 0.0902. The highest BCUT2D eigenvalue weighted by Crippen LogP contribution is 2.16. The lowest BCUT2D eigenvalue weighted by molar-refractivity contribution is -0.120. The number of amides is 1. The van der Waals surface area contributed by atoms with E-state index in [4.69, 9.17) is 4.74 Å². The molecule has 2 rings (SSSR count).